The van der Waals surface area contributed by atoms with E-state index in [2.05, 4.69) is 22.2 Å². The van der Waals surface area contributed by atoms with Crippen LogP contribution < -0.4 is 4.74 Å². The van der Waals surface area contributed by atoms with Crippen molar-refractivity contribution in [1.82, 2.24) is 19.9 Å². The molecule has 6 heteroatoms. The second-order valence-electron chi connectivity index (χ2n) is 3.67. The molecule has 0 unspecified atom stereocenters. The molecule has 17 heavy (non-hydrogen) atoms. The topological polar surface area (TPSA) is 66.0 Å². The fraction of sp³-hybridized carbons (Fsp3) is 0.545. The fourth-order valence-corrected chi connectivity index (χ4v) is 1.40. The molecule has 0 aliphatic heterocycles. The average molecular weight is 236 g/mol. The minimum absolute atomic E-state index is 0.308. The average Bonchev–Trinajstić information content (AvgIpc) is 2.95. The maximum atomic E-state index is 5.50. The quantitative estimate of drug-likeness (QED) is 0.765. The van der Waals surface area contributed by atoms with E-state index in [0.29, 0.717) is 24.1 Å². The van der Waals surface area contributed by atoms with Gasteiger partial charge in [0, 0.05) is 13.0 Å². The summed E-state index contributed by atoms with van der Waals surface area (Å²) in [6.07, 6.45) is 5.32. The Morgan fingerprint density at radius 3 is 3.00 bits per heavy atom. The summed E-state index contributed by atoms with van der Waals surface area (Å²) in [6, 6.07) is 0. The van der Waals surface area contributed by atoms with E-state index < -0.39 is 0 Å². The Morgan fingerprint density at radius 2 is 2.29 bits per heavy atom. The van der Waals surface area contributed by atoms with Gasteiger partial charge in [-0.15, -0.1) is 0 Å². The summed E-state index contributed by atoms with van der Waals surface area (Å²) in [4.78, 5) is 4.21. The van der Waals surface area contributed by atoms with E-state index in [9.17, 15) is 0 Å². The Balaban J connectivity index is 1.88. The fourth-order valence-electron chi connectivity index (χ4n) is 1.40. The second kappa shape index (κ2) is 5.47. The van der Waals surface area contributed by atoms with Crippen LogP contribution in [0.4, 0.5) is 0 Å². The van der Waals surface area contributed by atoms with E-state index in [1.165, 1.54) is 0 Å². The van der Waals surface area contributed by atoms with Crippen molar-refractivity contribution in [3.8, 4) is 5.75 Å². The summed E-state index contributed by atoms with van der Waals surface area (Å²) < 4.78 is 12.4. The lowest BCUT2D eigenvalue weighted by Gasteiger charge is -1.97. The first-order valence-electron chi connectivity index (χ1n) is 5.78. The molecule has 0 saturated carbocycles. The Labute approximate surface area is 99.6 Å². The van der Waals surface area contributed by atoms with Gasteiger partial charge in [-0.3, -0.25) is 4.68 Å². The lowest BCUT2D eigenvalue weighted by Crippen LogP contribution is -1.97. The van der Waals surface area contributed by atoms with Gasteiger partial charge in [0.05, 0.1) is 12.4 Å². The molecule has 0 amide bonds. The molecule has 6 nitrogen and oxygen atoms in total. The Bertz CT molecular complexity index is 463. The van der Waals surface area contributed by atoms with Gasteiger partial charge in [-0.1, -0.05) is 12.1 Å². The number of hydrogen-bond donors (Lipinski definition) is 0. The number of hydrogen-bond acceptors (Lipinski definition) is 5. The molecule has 0 saturated heterocycles. The number of ether oxygens (including phenoxy) is 1. The minimum atomic E-state index is 0.308. The molecule has 0 aromatic carbocycles. The van der Waals surface area contributed by atoms with E-state index in [1.54, 1.807) is 10.9 Å². The molecule has 2 heterocycles. The highest BCUT2D eigenvalue weighted by atomic mass is 16.5. The zero-order valence-corrected chi connectivity index (χ0v) is 10.1. The van der Waals surface area contributed by atoms with Crippen LogP contribution in [0.1, 0.15) is 32.0 Å². The van der Waals surface area contributed by atoms with E-state index in [1.807, 2.05) is 13.1 Å². The molecule has 0 aliphatic rings. The summed E-state index contributed by atoms with van der Waals surface area (Å²) in [5.74, 6) is 1.95. The van der Waals surface area contributed by atoms with Crippen LogP contribution in [0, 0.1) is 0 Å². The maximum absolute atomic E-state index is 5.50. The molecule has 0 atom stereocenters. The molecule has 2 rings (SSSR count). The van der Waals surface area contributed by atoms with Crippen molar-refractivity contribution in [3.05, 3.63) is 24.1 Å². The zero-order valence-electron chi connectivity index (χ0n) is 10.1. The van der Waals surface area contributed by atoms with Crippen LogP contribution in [0.5, 0.6) is 5.75 Å². The summed E-state index contributed by atoms with van der Waals surface area (Å²) in [6.45, 7) is 5.22. The van der Waals surface area contributed by atoms with Crippen LogP contribution in [-0.2, 0) is 19.6 Å². The van der Waals surface area contributed by atoms with Crippen LogP contribution in [0.15, 0.2) is 16.9 Å². The van der Waals surface area contributed by atoms with Gasteiger partial charge in [0.2, 0.25) is 11.7 Å². The van der Waals surface area contributed by atoms with Gasteiger partial charge in [0.15, 0.2) is 12.4 Å². The smallest absolute Gasteiger partial charge is 0.226 e. The molecular formula is C11H16N4O2. The van der Waals surface area contributed by atoms with Gasteiger partial charge in [0.25, 0.3) is 0 Å². The summed E-state index contributed by atoms with van der Waals surface area (Å²) in [7, 11) is 0. The predicted octanol–water partition coefficient (Wildman–Crippen LogP) is 1.82. The summed E-state index contributed by atoms with van der Waals surface area (Å²) >= 11 is 0. The van der Waals surface area contributed by atoms with Gasteiger partial charge in [0.1, 0.15) is 0 Å². The van der Waals surface area contributed by atoms with Crippen LogP contribution in [0.3, 0.4) is 0 Å². The molecule has 0 aliphatic carbocycles. The summed E-state index contributed by atoms with van der Waals surface area (Å²) in [5, 5.41) is 7.95. The second-order valence-corrected chi connectivity index (χ2v) is 3.67. The molecule has 0 spiro atoms. The summed E-state index contributed by atoms with van der Waals surface area (Å²) in [5.41, 5.74) is 0. The highest BCUT2D eigenvalue weighted by Gasteiger charge is 2.06. The van der Waals surface area contributed by atoms with Crippen molar-refractivity contribution in [2.75, 3.05) is 0 Å². The minimum Gasteiger partial charge on any atom is -0.482 e. The molecule has 92 valence electrons. The van der Waals surface area contributed by atoms with E-state index in [0.717, 1.165) is 19.4 Å². The van der Waals surface area contributed by atoms with Crippen molar-refractivity contribution >= 4 is 0 Å². The molecule has 0 fully saturated rings. The van der Waals surface area contributed by atoms with Gasteiger partial charge >= 0.3 is 0 Å². The van der Waals surface area contributed by atoms with Gasteiger partial charge in [-0.25, -0.2) is 0 Å². The van der Waals surface area contributed by atoms with Crippen LogP contribution in [-0.4, -0.2) is 19.9 Å². The SMILES string of the molecule is CCCc1nc(COc2cnn(CC)c2)no1. The number of nitrogens with zero attached hydrogens (tertiary/aromatic N) is 4. The van der Waals surface area contributed by atoms with Crippen molar-refractivity contribution in [2.45, 2.75) is 39.8 Å². The van der Waals surface area contributed by atoms with E-state index in [-0.39, 0.29) is 0 Å². The number of aromatic nitrogens is 4. The standard InChI is InChI=1S/C11H16N4O2/c1-3-5-11-13-10(14-17-11)8-16-9-6-12-15(4-2)7-9/h6-7H,3-5,8H2,1-2H3. The van der Waals surface area contributed by atoms with Crippen LogP contribution in [0.2, 0.25) is 0 Å². The Morgan fingerprint density at radius 1 is 1.41 bits per heavy atom. The van der Waals surface area contributed by atoms with Crippen molar-refractivity contribution < 1.29 is 9.26 Å². The zero-order chi connectivity index (χ0) is 12.1. The normalized spacial score (nSPS) is 10.7. The van der Waals surface area contributed by atoms with Crippen molar-refractivity contribution in [1.29, 1.82) is 0 Å². The predicted molar refractivity (Wildman–Crippen MR) is 60.5 cm³/mol. The van der Waals surface area contributed by atoms with Crippen LogP contribution in [0.25, 0.3) is 0 Å². The molecule has 0 radical (unpaired) electrons. The van der Waals surface area contributed by atoms with Crippen molar-refractivity contribution in [3.63, 3.8) is 0 Å². The molecular weight excluding hydrogens is 220 g/mol. The molecule has 2 aromatic heterocycles. The van der Waals surface area contributed by atoms with Gasteiger partial charge in [-0.05, 0) is 13.3 Å². The highest BCUT2D eigenvalue weighted by molar-refractivity contribution is 5.11. The van der Waals surface area contributed by atoms with Crippen molar-refractivity contribution in [2.24, 2.45) is 0 Å². The molecule has 2 aromatic rings. The molecule has 0 N–H and O–H groups in total. The lowest BCUT2D eigenvalue weighted by atomic mass is 10.3. The first-order chi connectivity index (χ1) is 8.31. The highest BCUT2D eigenvalue weighted by Crippen LogP contribution is 2.10. The van der Waals surface area contributed by atoms with Crippen LogP contribution >= 0.6 is 0 Å². The maximum Gasteiger partial charge on any atom is 0.226 e. The number of aryl methyl sites for hydroxylation is 2. The Kier molecular flexibility index (Phi) is 3.74. The lowest BCUT2D eigenvalue weighted by molar-refractivity contribution is 0.284. The van der Waals surface area contributed by atoms with Gasteiger partial charge in [-0.2, -0.15) is 10.1 Å². The third-order valence-corrected chi connectivity index (χ3v) is 2.28. The third-order valence-electron chi connectivity index (χ3n) is 2.28. The number of rotatable bonds is 6. The van der Waals surface area contributed by atoms with E-state index in [4.69, 9.17) is 9.26 Å². The van der Waals surface area contributed by atoms with E-state index >= 15 is 0 Å². The first kappa shape index (κ1) is 11.6. The Hall–Kier alpha value is -1.85. The third kappa shape index (κ3) is 3.05. The molecule has 0 bridgehead atoms. The van der Waals surface area contributed by atoms with Gasteiger partial charge < -0.3 is 9.26 Å². The monoisotopic (exact) mass is 236 g/mol. The first-order valence-corrected chi connectivity index (χ1v) is 5.78. The largest absolute Gasteiger partial charge is 0.482 e.